The molecule has 17 heavy (non-hydrogen) atoms. The van der Waals surface area contributed by atoms with Crippen LogP contribution in [0.15, 0.2) is 24.3 Å². The van der Waals surface area contributed by atoms with Crippen LogP contribution in [-0.2, 0) is 0 Å². The number of terminal acetylenes is 1. The minimum absolute atomic E-state index is 0.283. The van der Waals surface area contributed by atoms with E-state index < -0.39 is 0 Å². The van der Waals surface area contributed by atoms with Gasteiger partial charge in [-0.25, -0.2) is 4.79 Å². The van der Waals surface area contributed by atoms with E-state index in [4.69, 9.17) is 11.7 Å². The number of nitriles is 1. The molecule has 86 valence electrons. The smallest absolute Gasteiger partial charge is 0.320 e. The number of hydrogen-bond acceptors (Lipinski definition) is 2. The minimum Gasteiger partial charge on any atom is -0.324 e. The van der Waals surface area contributed by atoms with E-state index in [0.717, 1.165) is 0 Å². The van der Waals surface area contributed by atoms with E-state index in [-0.39, 0.29) is 12.1 Å². The molecule has 0 aliphatic carbocycles. The van der Waals surface area contributed by atoms with E-state index in [2.05, 4.69) is 16.6 Å². The van der Waals surface area contributed by atoms with Crippen LogP contribution in [0.4, 0.5) is 10.5 Å². The Labute approximate surface area is 101 Å². The number of hydrogen-bond donors (Lipinski definition) is 2. The standard InChI is InChI=1S/C13H13N3O/c1-3-11(4-2)15-13(17)16-12-7-5-6-10(8-12)9-14/h1,5-8,11H,4H2,2H3,(H2,15,16,17). The van der Waals surface area contributed by atoms with Crippen molar-refractivity contribution in [3.8, 4) is 18.4 Å². The summed E-state index contributed by atoms with van der Waals surface area (Å²) in [5, 5.41) is 14.0. The van der Waals surface area contributed by atoms with Gasteiger partial charge in [0.25, 0.3) is 0 Å². The molecule has 1 aromatic carbocycles. The van der Waals surface area contributed by atoms with Gasteiger partial charge in [-0.15, -0.1) is 6.42 Å². The Kier molecular flexibility index (Phi) is 4.59. The maximum Gasteiger partial charge on any atom is 0.320 e. The Morgan fingerprint density at radius 3 is 2.94 bits per heavy atom. The van der Waals surface area contributed by atoms with Gasteiger partial charge < -0.3 is 10.6 Å². The average molecular weight is 227 g/mol. The van der Waals surface area contributed by atoms with Gasteiger partial charge in [-0.3, -0.25) is 0 Å². The van der Waals surface area contributed by atoms with Gasteiger partial charge in [0, 0.05) is 5.69 Å². The van der Waals surface area contributed by atoms with Gasteiger partial charge in [0.15, 0.2) is 0 Å². The second-order valence-electron chi connectivity index (χ2n) is 3.42. The summed E-state index contributed by atoms with van der Waals surface area (Å²) in [6.07, 6.45) is 5.90. The molecular formula is C13H13N3O. The third-order valence-electron chi connectivity index (χ3n) is 2.16. The lowest BCUT2D eigenvalue weighted by Gasteiger charge is -2.11. The van der Waals surface area contributed by atoms with Crippen LogP contribution in [0.3, 0.4) is 0 Å². The van der Waals surface area contributed by atoms with Crippen LogP contribution >= 0.6 is 0 Å². The van der Waals surface area contributed by atoms with Crippen molar-refractivity contribution < 1.29 is 4.79 Å². The van der Waals surface area contributed by atoms with Crippen LogP contribution in [0.1, 0.15) is 18.9 Å². The van der Waals surface area contributed by atoms with Crippen LogP contribution in [0.2, 0.25) is 0 Å². The summed E-state index contributed by atoms with van der Waals surface area (Å²) in [5.41, 5.74) is 1.06. The van der Waals surface area contributed by atoms with Crippen molar-refractivity contribution in [1.82, 2.24) is 5.32 Å². The lowest BCUT2D eigenvalue weighted by molar-refractivity contribution is 0.250. The summed E-state index contributed by atoms with van der Waals surface area (Å²) >= 11 is 0. The summed E-state index contributed by atoms with van der Waals surface area (Å²) in [6, 6.07) is 8.01. The Hall–Kier alpha value is -2.46. The molecule has 0 bridgehead atoms. The van der Waals surface area contributed by atoms with Crippen molar-refractivity contribution in [2.45, 2.75) is 19.4 Å². The second kappa shape index (κ2) is 6.19. The molecule has 0 radical (unpaired) electrons. The topological polar surface area (TPSA) is 64.9 Å². The quantitative estimate of drug-likeness (QED) is 0.776. The van der Waals surface area contributed by atoms with E-state index in [1.165, 1.54) is 0 Å². The van der Waals surface area contributed by atoms with Gasteiger partial charge in [-0.05, 0) is 24.6 Å². The lowest BCUT2D eigenvalue weighted by Crippen LogP contribution is -2.36. The van der Waals surface area contributed by atoms with Crippen LogP contribution in [-0.4, -0.2) is 12.1 Å². The molecule has 0 aliphatic rings. The second-order valence-corrected chi connectivity index (χ2v) is 3.42. The molecule has 0 fully saturated rings. The molecule has 0 aliphatic heterocycles. The zero-order valence-corrected chi connectivity index (χ0v) is 9.53. The normalized spacial score (nSPS) is 10.8. The summed E-state index contributed by atoms with van der Waals surface area (Å²) < 4.78 is 0. The number of nitrogens with one attached hydrogen (secondary N) is 2. The minimum atomic E-state index is -0.370. The zero-order valence-electron chi connectivity index (χ0n) is 9.53. The Morgan fingerprint density at radius 1 is 1.59 bits per heavy atom. The Bertz CT molecular complexity index is 482. The highest BCUT2D eigenvalue weighted by atomic mass is 16.2. The van der Waals surface area contributed by atoms with Gasteiger partial charge in [-0.2, -0.15) is 5.26 Å². The first-order chi connectivity index (χ1) is 8.19. The number of benzene rings is 1. The third kappa shape index (κ3) is 3.89. The van der Waals surface area contributed by atoms with Gasteiger partial charge in [-0.1, -0.05) is 18.9 Å². The number of carbonyl (C=O) groups excluding carboxylic acids is 1. The number of rotatable bonds is 3. The van der Waals surface area contributed by atoms with Crippen molar-refractivity contribution in [3.05, 3.63) is 29.8 Å². The number of carbonyl (C=O) groups is 1. The zero-order chi connectivity index (χ0) is 12.7. The van der Waals surface area contributed by atoms with Crippen LogP contribution in [0.5, 0.6) is 0 Å². The fraction of sp³-hybridized carbons (Fsp3) is 0.231. The molecule has 0 aromatic heterocycles. The molecule has 0 saturated carbocycles. The number of urea groups is 1. The predicted octanol–water partition coefficient (Wildman–Crippen LogP) is 2.09. The summed E-state index contributed by atoms with van der Waals surface area (Å²) in [7, 11) is 0. The van der Waals surface area contributed by atoms with E-state index in [1.54, 1.807) is 24.3 Å². The average Bonchev–Trinajstić information content (AvgIpc) is 2.36. The lowest BCUT2D eigenvalue weighted by atomic mass is 10.2. The van der Waals surface area contributed by atoms with Crippen molar-refractivity contribution in [3.63, 3.8) is 0 Å². The van der Waals surface area contributed by atoms with E-state index in [9.17, 15) is 4.79 Å². The number of amides is 2. The highest BCUT2D eigenvalue weighted by molar-refractivity contribution is 5.89. The van der Waals surface area contributed by atoms with Crippen molar-refractivity contribution >= 4 is 11.7 Å². The molecule has 1 rings (SSSR count). The van der Waals surface area contributed by atoms with Gasteiger partial charge in [0.1, 0.15) is 0 Å². The van der Waals surface area contributed by atoms with Crippen molar-refractivity contribution in [1.29, 1.82) is 5.26 Å². The number of nitrogens with zero attached hydrogens (tertiary/aromatic N) is 1. The Morgan fingerprint density at radius 2 is 2.35 bits per heavy atom. The predicted molar refractivity (Wildman–Crippen MR) is 66.2 cm³/mol. The van der Waals surface area contributed by atoms with Crippen molar-refractivity contribution in [2.24, 2.45) is 0 Å². The molecule has 1 aromatic rings. The molecule has 2 N–H and O–H groups in total. The van der Waals surface area contributed by atoms with Crippen LogP contribution in [0, 0.1) is 23.7 Å². The van der Waals surface area contributed by atoms with Gasteiger partial charge in [0.2, 0.25) is 0 Å². The van der Waals surface area contributed by atoms with E-state index in [1.807, 2.05) is 13.0 Å². The maximum atomic E-state index is 11.5. The largest absolute Gasteiger partial charge is 0.324 e. The fourth-order valence-electron chi connectivity index (χ4n) is 1.25. The molecule has 0 heterocycles. The monoisotopic (exact) mass is 227 g/mol. The SMILES string of the molecule is C#CC(CC)NC(=O)Nc1cccc(C#N)c1. The molecule has 1 unspecified atom stereocenters. The van der Waals surface area contributed by atoms with Crippen molar-refractivity contribution in [2.75, 3.05) is 5.32 Å². The molecule has 4 heteroatoms. The molecule has 0 spiro atoms. The number of anilines is 1. The molecule has 1 atom stereocenters. The highest BCUT2D eigenvalue weighted by Crippen LogP contribution is 2.09. The summed E-state index contributed by atoms with van der Waals surface area (Å²) in [5.74, 6) is 2.47. The van der Waals surface area contributed by atoms with Gasteiger partial charge in [0.05, 0.1) is 17.7 Å². The molecule has 4 nitrogen and oxygen atoms in total. The molecular weight excluding hydrogens is 214 g/mol. The fourth-order valence-corrected chi connectivity index (χ4v) is 1.25. The van der Waals surface area contributed by atoms with Gasteiger partial charge >= 0.3 is 6.03 Å². The maximum absolute atomic E-state index is 11.5. The summed E-state index contributed by atoms with van der Waals surface area (Å²) in [6.45, 7) is 1.89. The highest BCUT2D eigenvalue weighted by Gasteiger charge is 2.07. The molecule has 0 saturated heterocycles. The first kappa shape index (κ1) is 12.6. The summed E-state index contributed by atoms with van der Waals surface area (Å²) in [4.78, 5) is 11.5. The first-order valence-corrected chi connectivity index (χ1v) is 5.23. The van der Waals surface area contributed by atoms with Crippen LogP contribution < -0.4 is 10.6 Å². The molecule has 2 amide bonds. The third-order valence-corrected chi connectivity index (χ3v) is 2.16. The first-order valence-electron chi connectivity index (χ1n) is 5.23. The van der Waals surface area contributed by atoms with Crippen LogP contribution in [0.25, 0.3) is 0 Å². The Balaban J connectivity index is 2.63. The van der Waals surface area contributed by atoms with E-state index in [0.29, 0.717) is 17.7 Å². The van der Waals surface area contributed by atoms with E-state index >= 15 is 0 Å².